The van der Waals surface area contributed by atoms with Crippen LogP contribution in [0.1, 0.15) is 12.5 Å². The average molecular weight is 417 g/mol. The van der Waals surface area contributed by atoms with Crippen LogP contribution in [0.25, 0.3) is 22.1 Å². The molecule has 0 fully saturated rings. The van der Waals surface area contributed by atoms with Crippen LogP contribution in [0.2, 0.25) is 0 Å². The summed E-state index contributed by atoms with van der Waals surface area (Å²) in [6.45, 7) is 2.29. The smallest absolute Gasteiger partial charge is 0.274 e. The zero-order chi connectivity index (χ0) is 17.6. The second-order valence-corrected chi connectivity index (χ2v) is 7.33. The molecule has 4 aromatic rings. The van der Waals surface area contributed by atoms with Gasteiger partial charge in [0.1, 0.15) is 0 Å². The standard InChI is InChI=1S/C18H13BrN2O3S/c1-2-24-14-9-11(19)7-10(16(14)22)8-15-17(23)21-13-6-4-3-5-12(13)20-18(21)25-15/h3-9,22H,2H2,1H3/b15-8-. The molecule has 2 heterocycles. The lowest BCUT2D eigenvalue weighted by molar-refractivity contribution is 0.317. The van der Waals surface area contributed by atoms with E-state index in [-0.39, 0.29) is 11.3 Å². The Morgan fingerprint density at radius 1 is 1.36 bits per heavy atom. The van der Waals surface area contributed by atoms with E-state index in [1.54, 1.807) is 22.6 Å². The molecule has 7 heteroatoms. The zero-order valence-corrected chi connectivity index (χ0v) is 15.6. The second kappa shape index (κ2) is 6.16. The van der Waals surface area contributed by atoms with Crippen molar-refractivity contribution in [3.8, 4) is 11.5 Å². The van der Waals surface area contributed by atoms with Crippen LogP contribution in [0, 0.1) is 0 Å². The van der Waals surface area contributed by atoms with E-state index in [1.807, 2.05) is 31.2 Å². The molecule has 0 unspecified atom stereocenters. The number of nitrogens with zero attached hydrogens (tertiary/aromatic N) is 2. The monoisotopic (exact) mass is 416 g/mol. The predicted molar refractivity (Wildman–Crippen MR) is 103 cm³/mol. The van der Waals surface area contributed by atoms with Crippen molar-refractivity contribution in [3.05, 3.63) is 61.3 Å². The van der Waals surface area contributed by atoms with Gasteiger partial charge in [0.2, 0.25) is 0 Å². The number of phenols is 1. The number of ether oxygens (including phenoxy) is 1. The molecule has 25 heavy (non-hydrogen) atoms. The molecule has 0 amide bonds. The maximum atomic E-state index is 12.8. The molecule has 1 N–H and O–H groups in total. The van der Waals surface area contributed by atoms with E-state index in [9.17, 15) is 9.90 Å². The number of benzene rings is 2. The van der Waals surface area contributed by atoms with E-state index < -0.39 is 0 Å². The summed E-state index contributed by atoms with van der Waals surface area (Å²) in [5.74, 6) is 0.391. The van der Waals surface area contributed by atoms with E-state index in [1.165, 1.54) is 11.3 Å². The Morgan fingerprint density at radius 3 is 2.96 bits per heavy atom. The van der Waals surface area contributed by atoms with Gasteiger partial charge in [0.25, 0.3) is 5.56 Å². The Labute approximate surface area is 154 Å². The molecule has 2 aromatic heterocycles. The summed E-state index contributed by atoms with van der Waals surface area (Å²) in [7, 11) is 0. The largest absolute Gasteiger partial charge is 0.504 e. The molecule has 0 aliphatic carbocycles. The molecule has 0 bridgehead atoms. The Hall–Kier alpha value is -2.38. The normalized spacial score (nSPS) is 12.3. The zero-order valence-electron chi connectivity index (χ0n) is 13.2. The minimum Gasteiger partial charge on any atom is -0.504 e. The van der Waals surface area contributed by atoms with Gasteiger partial charge in [-0.25, -0.2) is 9.38 Å². The van der Waals surface area contributed by atoms with Gasteiger partial charge in [-0.3, -0.25) is 4.79 Å². The fourth-order valence-electron chi connectivity index (χ4n) is 2.72. The third-order valence-electron chi connectivity index (χ3n) is 3.80. The Kier molecular flexibility index (Phi) is 3.97. The molecule has 0 saturated heterocycles. The van der Waals surface area contributed by atoms with Crippen molar-refractivity contribution >= 4 is 49.3 Å². The lowest BCUT2D eigenvalue weighted by atomic mass is 10.2. The van der Waals surface area contributed by atoms with Crippen LogP contribution in [-0.4, -0.2) is 21.1 Å². The fraction of sp³-hybridized carbons (Fsp3) is 0.111. The first-order valence-corrected chi connectivity index (χ1v) is 9.26. The van der Waals surface area contributed by atoms with E-state index in [0.717, 1.165) is 15.5 Å². The number of aromatic hydroxyl groups is 1. The number of aromatic nitrogens is 2. The number of imidazole rings is 1. The maximum Gasteiger partial charge on any atom is 0.274 e. The van der Waals surface area contributed by atoms with Crippen molar-refractivity contribution in [2.75, 3.05) is 6.61 Å². The molecule has 0 radical (unpaired) electrons. The molecule has 5 nitrogen and oxygen atoms in total. The van der Waals surface area contributed by atoms with Gasteiger partial charge in [0, 0.05) is 10.0 Å². The molecule has 0 saturated carbocycles. The van der Waals surface area contributed by atoms with E-state index >= 15 is 0 Å². The van der Waals surface area contributed by atoms with Crippen LogP contribution in [0.5, 0.6) is 11.5 Å². The van der Waals surface area contributed by atoms with E-state index in [0.29, 0.717) is 27.4 Å². The predicted octanol–water partition coefficient (Wildman–Crippen LogP) is 3.32. The van der Waals surface area contributed by atoms with Crippen LogP contribution < -0.4 is 14.8 Å². The fourth-order valence-corrected chi connectivity index (χ4v) is 4.16. The van der Waals surface area contributed by atoms with Crippen molar-refractivity contribution in [2.24, 2.45) is 0 Å². The lowest BCUT2D eigenvalue weighted by Gasteiger charge is -2.08. The minimum absolute atomic E-state index is 0.0142. The van der Waals surface area contributed by atoms with Gasteiger partial charge in [0.05, 0.1) is 22.2 Å². The van der Waals surface area contributed by atoms with Crippen molar-refractivity contribution in [2.45, 2.75) is 6.92 Å². The molecule has 126 valence electrons. The third-order valence-corrected chi connectivity index (χ3v) is 5.23. The van der Waals surface area contributed by atoms with Crippen LogP contribution in [0.15, 0.2) is 45.7 Å². The summed E-state index contributed by atoms with van der Waals surface area (Å²) < 4.78 is 8.30. The van der Waals surface area contributed by atoms with Gasteiger partial charge in [-0.15, -0.1) is 0 Å². The van der Waals surface area contributed by atoms with Gasteiger partial charge in [-0.2, -0.15) is 0 Å². The van der Waals surface area contributed by atoms with E-state index in [4.69, 9.17) is 4.74 Å². The second-order valence-electron chi connectivity index (χ2n) is 5.41. The third kappa shape index (κ3) is 2.69. The van der Waals surface area contributed by atoms with Crippen molar-refractivity contribution in [1.82, 2.24) is 9.38 Å². The van der Waals surface area contributed by atoms with Crippen LogP contribution >= 0.6 is 27.3 Å². The average Bonchev–Trinajstić information content (AvgIpc) is 3.09. The van der Waals surface area contributed by atoms with Crippen molar-refractivity contribution in [1.29, 1.82) is 0 Å². The number of hydrogen-bond acceptors (Lipinski definition) is 5. The first kappa shape index (κ1) is 16.1. The highest BCUT2D eigenvalue weighted by Crippen LogP contribution is 2.34. The number of rotatable bonds is 3. The van der Waals surface area contributed by atoms with Gasteiger partial charge >= 0.3 is 0 Å². The number of hydrogen-bond donors (Lipinski definition) is 1. The van der Waals surface area contributed by atoms with Crippen molar-refractivity contribution in [3.63, 3.8) is 0 Å². The summed E-state index contributed by atoms with van der Waals surface area (Å²) in [5.41, 5.74) is 1.95. The molecule has 0 aliphatic heterocycles. The van der Waals surface area contributed by atoms with E-state index in [2.05, 4.69) is 20.9 Å². The topological polar surface area (TPSA) is 63.8 Å². The molecule has 0 spiro atoms. The number of thiazole rings is 1. The summed E-state index contributed by atoms with van der Waals surface area (Å²) >= 11 is 4.70. The van der Waals surface area contributed by atoms with Gasteiger partial charge in [-0.1, -0.05) is 39.4 Å². The highest BCUT2D eigenvalue weighted by molar-refractivity contribution is 9.10. The molecule has 2 aromatic carbocycles. The highest BCUT2D eigenvalue weighted by atomic mass is 79.9. The Bertz CT molecular complexity index is 1210. The van der Waals surface area contributed by atoms with Gasteiger partial charge in [0.15, 0.2) is 16.5 Å². The maximum absolute atomic E-state index is 12.8. The Morgan fingerprint density at radius 2 is 2.16 bits per heavy atom. The molecular weight excluding hydrogens is 404 g/mol. The van der Waals surface area contributed by atoms with Crippen molar-refractivity contribution < 1.29 is 9.84 Å². The van der Waals surface area contributed by atoms with Crippen LogP contribution in [-0.2, 0) is 0 Å². The molecule has 0 atom stereocenters. The first-order valence-electron chi connectivity index (χ1n) is 7.65. The number of phenolic OH excluding ortho intramolecular Hbond substituents is 1. The number of fused-ring (bicyclic) bond motifs is 3. The Balaban J connectivity index is 1.96. The number of para-hydroxylation sites is 2. The van der Waals surface area contributed by atoms with Crippen LogP contribution in [0.3, 0.4) is 0 Å². The quantitative estimate of drug-likeness (QED) is 0.556. The first-order chi connectivity index (χ1) is 12.1. The molecule has 0 aliphatic rings. The summed E-state index contributed by atoms with van der Waals surface area (Å²) in [5, 5.41) is 10.4. The summed E-state index contributed by atoms with van der Waals surface area (Å²) in [6.07, 6.45) is 1.67. The van der Waals surface area contributed by atoms with Gasteiger partial charge < -0.3 is 9.84 Å². The molecular formula is C18H13BrN2O3S. The summed E-state index contributed by atoms with van der Waals surface area (Å²) in [4.78, 5) is 17.9. The number of halogens is 1. The lowest BCUT2D eigenvalue weighted by Crippen LogP contribution is -2.22. The summed E-state index contributed by atoms with van der Waals surface area (Å²) in [6, 6.07) is 11.0. The minimum atomic E-state index is -0.147. The SMILES string of the molecule is CCOc1cc(Br)cc(/C=c2\sc3nc4ccccc4n3c2=O)c1O. The van der Waals surface area contributed by atoms with Crippen LogP contribution in [0.4, 0.5) is 0 Å². The highest BCUT2D eigenvalue weighted by Gasteiger charge is 2.13. The van der Waals surface area contributed by atoms with Gasteiger partial charge in [-0.05, 0) is 37.3 Å². The molecule has 4 rings (SSSR count).